The highest BCUT2D eigenvalue weighted by atomic mass is 16.5. The van der Waals surface area contributed by atoms with Gasteiger partial charge >= 0.3 is 5.97 Å². The van der Waals surface area contributed by atoms with Crippen molar-refractivity contribution in [2.24, 2.45) is 0 Å². The van der Waals surface area contributed by atoms with E-state index < -0.39 is 5.97 Å². The Morgan fingerprint density at radius 2 is 1.90 bits per heavy atom. The van der Waals surface area contributed by atoms with Gasteiger partial charge in [0.05, 0.1) is 7.11 Å². The second kappa shape index (κ2) is 7.35. The van der Waals surface area contributed by atoms with Crippen LogP contribution < -0.4 is 10.1 Å². The normalized spacial score (nSPS) is 11.6. The van der Waals surface area contributed by atoms with Crippen molar-refractivity contribution >= 4 is 17.6 Å². The summed E-state index contributed by atoms with van der Waals surface area (Å²) in [5.41, 5.74) is 1.40. The molecular formula is C22H23N5O4. The number of carbonyl (C=O) groups is 1. The fourth-order valence-corrected chi connectivity index (χ4v) is 3.25. The number of nitrogens with one attached hydrogen (secondary N) is 2. The Labute approximate surface area is 178 Å². The zero-order valence-corrected chi connectivity index (χ0v) is 17.6. The van der Waals surface area contributed by atoms with Gasteiger partial charge in [-0.3, -0.25) is 5.10 Å². The van der Waals surface area contributed by atoms with Crippen LogP contribution in [0.2, 0.25) is 0 Å². The molecule has 0 aliphatic rings. The average molecular weight is 421 g/mol. The number of aromatic carboxylic acids is 1. The quantitative estimate of drug-likeness (QED) is 0.384. The van der Waals surface area contributed by atoms with Crippen LogP contribution in [-0.2, 0) is 0 Å². The molecule has 0 aliphatic heterocycles. The number of methoxy groups -OCH3 is 1. The highest BCUT2D eigenvalue weighted by Gasteiger charge is 2.23. The van der Waals surface area contributed by atoms with Crippen LogP contribution in [-0.4, -0.2) is 48.4 Å². The van der Waals surface area contributed by atoms with E-state index in [2.05, 4.69) is 20.4 Å². The molecule has 160 valence electrons. The molecule has 0 atom stereocenters. The van der Waals surface area contributed by atoms with Gasteiger partial charge < -0.3 is 20.3 Å². The topological polar surface area (TPSA) is 125 Å². The first-order valence-corrected chi connectivity index (χ1v) is 9.64. The van der Waals surface area contributed by atoms with Crippen LogP contribution in [0.3, 0.4) is 0 Å². The fourth-order valence-electron chi connectivity index (χ4n) is 3.25. The third-order valence-corrected chi connectivity index (χ3v) is 4.63. The maximum atomic E-state index is 11.5. The van der Waals surface area contributed by atoms with Crippen LogP contribution in [0.5, 0.6) is 11.5 Å². The van der Waals surface area contributed by atoms with E-state index in [4.69, 9.17) is 4.74 Å². The SMILES string of the molecule is COc1cccc(-c2nc3nc(-c4ccc(O)c(C(=O)O)c4)c(NC(C)(C)C)n3[nH]2)c1. The number of aromatic amines is 1. The van der Waals surface area contributed by atoms with Crippen molar-refractivity contribution in [3.8, 4) is 34.1 Å². The molecule has 0 unspecified atom stereocenters. The van der Waals surface area contributed by atoms with E-state index in [9.17, 15) is 15.0 Å². The van der Waals surface area contributed by atoms with Crippen LogP contribution in [0.25, 0.3) is 28.4 Å². The van der Waals surface area contributed by atoms with Crippen molar-refractivity contribution in [2.45, 2.75) is 26.3 Å². The number of benzene rings is 2. The molecule has 0 bridgehead atoms. The lowest BCUT2D eigenvalue weighted by Gasteiger charge is -2.22. The molecule has 2 heterocycles. The van der Waals surface area contributed by atoms with E-state index >= 15 is 0 Å². The summed E-state index contributed by atoms with van der Waals surface area (Å²) in [7, 11) is 1.61. The standard InChI is InChI=1S/C22H23N5O4/c1-22(2,3)25-19-17(12-8-9-16(28)15(11-12)20(29)30)23-21-24-18(26-27(19)21)13-6-5-7-14(10-13)31-4/h5-11,25,28H,1-4H3,(H,29,30)(H,23,24,26). The Kier molecular flexibility index (Phi) is 4.81. The van der Waals surface area contributed by atoms with Crippen LogP contribution >= 0.6 is 0 Å². The molecule has 0 aliphatic carbocycles. The first-order chi connectivity index (χ1) is 14.7. The fraction of sp³-hybridized carbons (Fsp3) is 0.227. The number of carboxylic acid groups (broad SMARTS) is 1. The molecule has 0 saturated carbocycles. The second-order valence-electron chi connectivity index (χ2n) is 8.16. The monoisotopic (exact) mass is 421 g/mol. The molecule has 0 saturated heterocycles. The van der Waals surface area contributed by atoms with Crippen molar-refractivity contribution < 1.29 is 19.7 Å². The molecule has 9 heteroatoms. The van der Waals surface area contributed by atoms with Gasteiger partial charge in [-0.2, -0.15) is 4.98 Å². The summed E-state index contributed by atoms with van der Waals surface area (Å²) in [6, 6.07) is 11.9. The van der Waals surface area contributed by atoms with Gasteiger partial charge in [-0.1, -0.05) is 12.1 Å². The third-order valence-electron chi connectivity index (χ3n) is 4.63. The number of fused-ring (bicyclic) bond motifs is 1. The Hall–Kier alpha value is -4.01. The molecule has 4 N–H and O–H groups in total. The lowest BCUT2D eigenvalue weighted by molar-refractivity contribution is 0.0694. The van der Waals surface area contributed by atoms with Crippen LogP contribution in [0.4, 0.5) is 5.82 Å². The minimum Gasteiger partial charge on any atom is -0.507 e. The Morgan fingerprint density at radius 3 is 2.58 bits per heavy atom. The Morgan fingerprint density at radius 1 is 1.13 bits per heavy atom. The van der Waals surface area contributed by atoms with Gasteiger partial charge in [0.1, 0.15) is 22.8 Å². The summed E-state index contributed by atoms with van der Waals surface area (Å²) in [5, 5.41) is 25.9. The van der Waals surface area contributed by atoms with Crippen molar-refractivity contribution in [1.82, 2.24) is 19.6 Å². The highest BCUT2D eigenvalue weighted by molar-refractivity contribution is 5.93. The number of hydrogen-bond acceptors (Lipinski definition) is 6. The first kappa shape index (κ1) is 20.3. The largest absolute Gasteiger partial charge is 0.507 e. The van der Waals surface area contributed by atoms with Gasteiger partial charge in [-0.15, -0.1) is 0 Å². The molecule has 0 spiro atoms. The lowest BCUT2D eigenvalue weighted by atomic mass is 10.1. The molecule has 4 rings (SSSR count). The predicted molar refractivity (Wildman–Crippen MR) is 117 cm³/mol. The van der Waals surface area contributed by atoms with E-state index in [0.29, 0.717) is 34.4 Å². The molecular weight excluding hydrogens is 398 g/mol. The van der Waals surface area contributed by atoms with E-state index in [1.807, 2.05) is 45.0 Å². The Balaban J connectivity index is 1.88. The maximum absolute atomic E-state index is 11.5. The minimum absolute atomic E-state index is 0.194. The number of anilines is 1. The summed E-state index contributed by atoms with van der Waals surface area (Å²) < 4.78 is 7.02. The summed E-state index contributed by atoms with van der Waals surface area (Å²) in [5.74, 6) is 0.862. The number of rotatable bonds is 5. The van der Waals surface area contributed by atoms with Gasteiger partial charge in [-0.05, 0) is 51.1 Å². The predicted octanol–water partition coefficient (Wildman–Crippen LogP) is 4.01. The summed E-state index contributed by atoms with van der Waals surface area (Å²) in [4.78, 5) is 20.7. The number of carboxylic acids is 1. The number of phenols is 1. The summed E-state index contributed by atoms with van der Waals surface area (Å²) in [6.07, 6.45) is 0. The zero-order valence-electron chi connectivity index (χ0n) is 17.6. The van der Waals surface area contributed by atoms with Crippen LogP contribution in [0.15, 0.2) is 42.5 Å². The van der Waals surface area contributed by atoms with Gasteiger partial charge in [0.15, 0.2) is 11.6 Å². The molecule has 0 amide bonds. The molecule has 31 heavy (non-hydrogen) atoms. The van der Waals surface area contributed by atoms with E-state index in [1.165, 1.54) is 12.1 Å². The average Bonchev–Trinajstić information content (AvgIpc) is 3.27. The van der Waals surface area contributed by atoms with Gasteiger partial charge in [-0.25, -0.2) is 14.3 Å². The lowest BCUT2D eigenvalue weighted by Crippen LogP contribution is -2.27. The zero-order chi connectivity index (χ0) is 22.3. The highest BCUT2D eigenvalue weighted by Crippen LogP contribution is 2.33. The maximum Gasteiger partial charge on any atom is 0.339 e. The van der Waals surface area contributed by atoms with Crippen molar-refractivity contribution in [3.05, 3.63) is 48.0 Å². The number of ether oxygens (including phenoxy) is 1. The number of aromatic nitrogens is 4. The van der Waals surface area contributed by atoms with E-state index in [0.717, 1.165) is 5.56 Å². The van der Waals surface area contributed by atoms with E-state index in [-0.39, 0.29) is 16.9 Å². The van der Waals surface area contributed by atoms with Gasteiger partial charge in [0.2, 0.25) is 0 Å². The van der Waals surface area contributed by atoms with Gasteiger partial charge in [0.25, 0.3) is 5.78 Å². The Bertz CT molecular complexity index is 1280. The number of nitrogens with zero attached hydrogens (tertiary/aromatic N) is 3. The minimum atomic E-state index is -1.21. The molecule has 0 fully saturated rings. The first-order valence-electron chi connectivity index (χ1n) is 9.64. The smallest absolute Gasteiger partial charge is 0.339 e. The molecule has 4 aromatic rings. The third kappa shape index (κ3) is 3.89. The molecule has 0 radical (unpaired) electrons. The molecule has 2 aromatic carbocycles. The number of H-pyrrole nitrogens is 1. The second-order valence-corrected chi connectivity index (χ2v) is 8.16. The van der Waals surface area contributed by atoms with Gasteiger partial charge in [0, 0.05) is 16.7 Å². The van der Waals surface area contributed by atoms with Crippen molar-refractivity contribution in [2.75, 3.05) is 12.4 Å². The number of aromatic hydroxyl groups is 1. The number of imidazole rings is 1. The summed E-state index contributed by atoms with van der Waals surface area (Å²) >= 11 is 0. The van der Waals surface area contributed by atoms with Crippen molar-refractivity contribution in [3.63, 3.8) is 0 Å². The summed E-state index contributed by atoms with van der Waals surface area (Å²) in [6.45, 7) is 6.03. The number of hydrogen-bond donors (Lipinski definition) is 4. The molecule has 9 nitrogen and oxygen atoms in total. The van der Waals surface area contributed by atoms with Crippen molar-refractivity contribution in [1.29, 1.82) is 0 Å². The molecule has 2 aromatic heterocycles. The van der Waals surface area contributed by atoms with Crippen LogP contribution in [0.1, 0.15) is 31.1 Å². The van der Waals surface area contributed by atoms with Crippen LogP contribution in [0, 0.1) is 0 Å². The van der Waals surface area contributed by atoms with E-state index in [1.54, 1.807) is 17.7 Å².